The summed E-state index contributed by atoms with van der Waals surface area (Å²) in [6.07, 6.45) is 3.79. The number of fused-ring (bicyclic) bond motifs is 5. The highest BCUT2D eigenvalue weighted by atomic mass is 16.6. The fourth-order valence-corrected chi connectivity index (χ4v) is 6.42. The summed E-state index contributed by atoms with van der Waals surface area (Å²) in [6.45, 7) is 11.0. The maximum absolute atomic E-state index is 13.6. The predicted molar refractivity (Wildman–Crippen MR) is 134 cm³/mol. The molecule has 4 atom stereocenters. The molecule has 0 N–H and O–H groups in total. The van der Waals surface area contributed by atoms with Crippen LogP contribution in [0.3, 0.4) is 0 Å². The molecule has 2 aliphatic carbocycles. The minimum absolute atomic E-state index is 0.133. The van der Waals surface area contributed by atoms with E-state index in [1.165, 1.54) is 14.7 Å². The topological polar surface area (TPSA) is 109 Å². The predicted octanol–water partition coefficient (Wildman–Crippen LogP) is 3.69. The lowest BCUT2D eigenvalue weighted by atomic mass is 9.61. The number of amides is 4. The molecule has 0 radical (unpaired) electrons. The molecule has 3 heterocycles. The van der Waals surface area contributed by atoms with Gasteiger partial charge in [-0.2, -0.15) is 0 Å². The first-order valence-electron chi connectivity index (χ1n) is 13.5. The van der Waals surface area contributed by atoms with Crippen LogP contribution in [-0.4, -0.2) is 76.3 Å². The number of hydrogen-bond acceptors (Lipinski definition) is 7. The Morgan fingerprint density at radius 1 is 1.16 bits per heavy atom. The quantitative estimate of drug-likeness (QED) is 0.482. The van der Waals surface area contributed by atoms with Gasteiger partial charge < -0.3 is 14.4 Å². The van der Waals surface area contributed by atoms with Crippen molar-refractivity contribution in [3.8, 4) is 0 Å². The van der Waals surface area contributed by atoms with Crippen molar-refractivity contribution >= 4 is 29.9 Å². The van der Waals surface area contributed by atoms with Gasteiger partial charge in [-0.15, -0.1) is 0 Å². The van der Waals surface area contributed by atoms with Crippen LogP contribution >= 0.6 is 0 Å². The van der Waals surface area contributed by atoms with Gasteiger partial charge in [-0.3, -0.25) is 19.5 Å². The summed E-state index contributed by atoms with van der Waals surface area (Å²) in [6, 6.07) is 0. The lowest BCUT2D eigenvalue weighted by Gasteiger charge is -2.49. The van der Waals surface area contributed by atoms with E-state index in [9.17, 15) is 19.2 Å². The molecule has 1 saturated carbocycles. The summed E-state index contributed by atoms with van der Waals surface area (Å²) in [7, 11) is 0. The number of imide groups is 1. The highest BCUT2D eigenvalue weighted by Crippen LogP contribution is 2.56. The van der Waals surface area contributed by atoms with Crippen LogP contribution in [0.4, 0.5) is 9.59 Å². The molecule has 4 amide bonds. The summed E-state index contributed by atoms with van der Waals surface area (Å²) in [5.41, 5.74) is 0.302. The van der Waals surface area contributed by atoms with Gasteiger partial charge in [-0.1, -0.05) is 13.0 Å². The van der Waals surface area contributed by atoms with Crippen LogP contribution in [0.15, 0.2) is 28.1 Å². The van der Waals surface area contributed by atoms with Gasteiger partial charge in [0.25, 0.3) is 0 Å². The van der Waals surface area contributed by atoms with Crippen molar-refractivity contribution in [1.29, 1.82) is 0 Å². The van der Waals surface area contributed by atoms with E-state index in [4.69, 9.17) is 14.5 Å². The Hall–Kier alpha value is -3.17. The Labute approximate surface area is 217 Å². The number of nitrogens with zero attached hydrogens (tertiary/aromatic N) is 4. The molecule has 3 unspecified atom stereocenters. The summed E-state index contributed by atoms with van der Waals surface area (Å²) in [5.74, 6) is -1.29. The normalized spacial score (nSPS) is 31.8. The number of aliphatic imine (C=N–C) groups is 1. The van der Waals surface area contributed by atoms with Gasteiger partial charge in [-0.25, -0.2) is 14.5 Å². The fraction of sp³-hybridized carbons (Fsp3) is 0.667. The lowest BCUT2D eigenvalue weighted by Crippen LogP contribution is -2.60. The average molecular weight is 513 g/mol. The van der Waals surface area contributed by atoms with Gasteiger partial charge in [0, 0.05) is 37.7 Å². The number of likely N-dealkylation sites (tertiary alicyclic amines) is 1. The van der Waals surface area contributed by atoms with Crippen molar-refractivity contribution in [3.05, 3.63) is 23.1 Å². The molecule has 37 heavy (non-hydrogen) atoms. The number of carbonyl (C=O) groups is 4. The Bertz CT molecular complexity index is 1130. The van der Waals surface area contributed by atoms with E-state index in [1.54, 1.807) is 6.92 Å². The van der Waals surface area contributed by atoms with Crippen LogP contribution in [0.25, 0.3) is 0 Å². The van der Waals surface area contributed by atoms with Gasteiger partial charge in [0.15, 0.2) is 0 Å². The SMILES string of the molecule is CCC1=C(OC(=O)N(CC)CC)N2C(=O)OC(=NCC3CC3)[C@]2(C)C2C1=CCC1C(=O)N(CC)C(=O)C12. The van der Waals surface area contributed by atoms with Crippen LogP contribution in [0.5, 0.6) is 0 Å². The second-order valence-corrected chi connectivity index (χ2v) is 10.5. The van der Waals surface area contributed by atoms with Gasteiger partial charge in [-0.05, 0) is 64.9 Å². The number of cyclic esters (lactones) is 1. The summed E-state index contributed by atoms with van der Waals surface area (Å²) >= 11 is 0. The first-order valence-corrected chi connectivity index (χ1v) is 13.5. The van der Waals surface area contributed by atoms with Crippen LogP contribution < -0.4 is 0 Å². The zero-order valence-corrected chi connectivity index (χ0v) is 22.3. The highest BCUT2D eigenvalue weighted by molar-refractivity contribution is 6.09. The van der Waals surface area contributed by atoms with Crippen molar-refractivity contribution in [2.75, 3.05) is 26.2 Å². The van der Waals surface area contributed by atoms with Crippen molar-refractivity contribution in [2.45, 2.75) is 65.8 Å². The fourth-order valence-electron chi connectivity index (χ4n) is 6.42. The second-order valence-electron chi connectivity index (χ2n) is 10.5. The van der Waals surface area contributed by atoms with Crippen LogP contribution in [0.2, 0.25) is 0 Å². The maximum atomic E-state index is 13.6. The first kappa shape index (κ1) is 25.5. The molecule has 200 valence electrons. The molecule has 0 aromatic rings. The minimum atomic E-state index is -1.21. The maximum Gasteiger partial charge on any atom is 0.424 e. The smallest absolute Gasteiger partial charge is 0.393 e. The van der Waals surface area contributed by atoms with E-state index in [-0.39, 0.29) is 23.6 Å². The number of hydrogen-bond donors (Lipinski definition) is 0. The van der Waals surface area contributed by atoms with Crippen molar-refractivity contribution in [3.63, 3.8) is 0 Å². The third kappa shape index (κ3) is 3.70. The Morgan fingerprint density at radius 3 is 2.46 bits per heavy atom. The van der Waals surface area contributed by atoms with E-state index < -0.39 is 35.5 Å². The van der Waals surface area contributed by atoms with E-state index in [1.807, 2.05) is 33.8 Å². The monoisotopic (exact) mass is 512 g/mol. The summed E-state index contributed by atoms with van der Waals surface area (Å²) < 4.78 is 11.7. The number of ether oxygens (including phenoxy) is 2. The molecule has 3 aliphatic heterocycles. The molecule has 5 rings (SSSR count). The summed E-state index contributed by atoms with van der Waals surface area (Å²) in [4.78, 5) is 62.4. The average Bonchev–Trinajstić information content (AvgIpc) is 3.62. The van der Waals surface area contributed by atoms with Crippen LogP contribution in [0, 0.1) is 23.7 Å². The molecule has 0 aromatic carbocycles. The van der Waals surface area contributed by atoms with Gasteiger partial charge in [0.2, 0.25) is 23.6 Å². The third-order valence-electron chi connectivity index (χ3n) is 8.60. The molecule has 3 fully saturated rings. The molecule has 0 bridgehead atoms. The van der Waals surface area contributed by atoms with E-state index >= 15 is 0 Å². The van der Waals surface area contributed by atoms with E-state index in [0.29, 0.717) is 50.5 Å². The molecule has 10 nitrogen and oxygen atoms in total. The lowest BCUT2D eigenvalue weighted by molar-refractivity contribution is -0.140. The molecular weight excluding hydrogens is 476 g/mol. The van der Waals surface area contributed by atoms with Crippen LogP contribution in [-0.2, 0) is 19.1 Å². The van der Waals surface area contributed by atoms with Crippen molar-refractivity contribution < 1.29 is 28.7 Å². The Balaban J connectivity index is 1.68. The van der Waals surface area contributed by atoms with Crippen molar-refractivity contribution in [2.24, 2.45) is 28.7 Å². The molecule has 0 spiro atoms. The van der Waals surface area contributed by atoms with Crippen LogP contribution in [0.1, 0.15) is 60.3 Å². The standard InChI is InChI=1S/C27H36N4O6/c1-6-16-17-12-13-18-19(22(33)30(9-4)21(18)32)20(17)27(5)24(28-14-15-10-11-15)37-26(35)31(27)23(16)36-25(34)29(7-2)8-3/h12,15,18-20H,6-11,13-14H2,1-5H3/t18?,19?,20?,27-/m0/s1. The molecule has 0 aromatic heterocycles. The van der Waals surface area contributed by atoms with E-state index in [0.717, 1.165) is 18.4 Å². The second kappa shape index (κ2) is 9.29. The van der Waals surface area contributed by atoms with E-state index in [2.05, 4.69) is 0 Å². The zero-order valence-electron chi connectivity index (χ0n) is 22.3. The molecule has 10 heteroatoms. The van der Waals surface area contributed by atoms with Crippen molar-refractivity contribution in [1.82, 2.24) is 14.7 Å². The Morgan fingerprint density at radius 2 is 1.86 bits per heavy atom. The largest absolute Gasteiger partial charge is 0.424 e. The molecular formula is C27H36N4O6. The molecule has 5 aliphatic rings. The third-order valence-corrected chi connectivity index (χ3v) is 8.60. The number of rotatable bonds is 7. The first-order chi connectivity index (χ1) is 17.7. The van der Waals surface area contributed by atoms with Gasteiger partial charge in [0.1, 0.15) is 5.54 Å². The minimum Gasteiger partial charge on any atom is -0.393 e. The molecule has 2 saturated heterocycles. The number of allylic oxidation sites excluding steroid dienone is 2. The van der Waals surface area contributed by atoms with Gasteiger partial charge >= 0.3 is 12.2 Å². The number of carbonyl (C=O) groups excluding carboxylic acids is 4. The Kier molecular flexibility index (Phi) is 6.40. The van der Waals surface area contributed by atoms with Gasteiger partial charge in [0.05, 0.1) is 11.8 Å². The highest BCUT2D eigenvalue weighted by Gasteiger charge is 2.68. The zero-order chi connectivity index (χ0) is 26.6. The summed E-state index contributed by atoms with van der Waals surface area (Å²) in [5, 5.41) is 0.